The first-order valence-corrected chi connectivity index (χ1v) is 5.54. The lowest BCUT2D eigenvalue weighted by atomic mass is 9.73. The number of aliphatic hydroxyl groups excluding tert-OH is 1. The van der Waals surface area contributed by atoms with Crippen LogP contribution >= 0.6 is 0 Å². The van der Waals surface area contributed by atoms with Gasteiger partial charge >= 0.3 is 0 Å². The van der Waals surface area contributed by atoms with Gasteiger partial charge in [-0.05, 0) is 37.8 Å². The lowest BCUT2D eigenvalue weighted by Gasteiger charge is -2.44. The number of aliphatic hydroxyl groups is 1. The Hall–Kier alpha value is -1.13. The standard InChI is InChI=1S/C12H18N2O2/c1-8-6-9(11(13)14-7-8)10(15)12(16-2)4-3-5-12/h6-7,10,15H,3-5H2,1-2H3,(H2,13,14). The number of ether oxygens (including phenoxy) is 1. The molecule has 2 rings (SSSR count). The van der Waals surface area contributed by atoms with Gasteiger partial charge in [-0.15, -0.1) is 0 Å². The van der Waals surface area contributed by atoms with Crippen LogP contribution in [0.15, 0.2) is 12.3 Å². The number of rotatable bonds is 3. The van der Waals surface area contributed by atoms with Crippen molar-refractivity contribution in [2.45, 2.75) is 37.9 Å². The van der Waals surface area contributed by atoms with Crippen molar-refractivity contribution < 1.29 is 9.84 Å². The number of nitrogen functional groups attached to an aromatic ring is 1. The van der Waals surface area contributed by atoms with E-state index in [1.165, 1.54) is 0 Å². The molecule has 1 aromatic rings. The highest BCUT2D eigenvalue weighted by atomic mass is 16.5. The molecule has 3 N–H and O–H groups in total. The molecule has 1 aliphatic carbocycles. The molecule has 1 unspecified atom stereocenters. The summed E-state index contributed by atoms with van der Waals surface area (Å²) in [5, 5.41) is 10.4. The number of pyridine rings is 1. The lowest BCUT2D eigenvalue weighted by molar-refractivity contribution is -0.151. The Morgan fingerprint density at radius 2 is 2.25 bits per heavy atom. The highest BCUT2D eigenvalue weighted by Gasteiger charge is 2.45. The van der Waals surface area contributed by atoms with Crippen molar-refractivity contribution in [3.63, 3.8) is 0 Å². The zero-order chi connectivity index (χ0) is 11.8. The summed E-state index contributed by atoms with van der Waals surface area (Å²) in [7, 11) is 1.64. The Balaban J connectivity index is 2.32. The van der Waals surface area contributed by atoms with E-state index < -0.39 is 11.7 Å². The van der Waals surface area contributed by atoms with E-state index in [1.54, 1.807) is 13.3 Å². The molecule has 1 saturated carbocycles. The summed E-state index contributed by atoms with van der Waals surface area (Å²) in [5.74, 6) is 0.390. The smallest absolute Gasteiger partial charge is 0.129 e. The summed E-state index contributed by atoms with van der Waals surface area (Å²) in [6, 6.07) is 1.88. The molecule has 4 heteroatoms. The van der Waals surface area contributed by atoms with Crippen molar-refractivity contribution in [2.24, 2.45) is 0 Å². The van der Waals surface area contributed by atoms with Crippen LogP contribution in [0.3, 0.4) is 0 Å². The molecular formula is C12H18N2O2. The van der Waals surface area contributed by atoms with Crippen LogP contribution in [0.25, 0.3) is 0 Å². The number of hydrogen-bond donors (Lipinski definition) is 2. The molecule has 88 valence electrons. The molecule has 1 aromatic heterocycles. The van der Waals surface area contributed by atoms with Gasteiger partial charge in [0.1, 0.15) is 11.9 Å². The van der Waals surface area contributed by atoms with Crippen molar-refractivity contribution >= 4 is 5.82 Å². The monoisotopic (exact) mass is 222 g/mol. The maximum atomic E-state index is 10.4. The fourth-order valence-corrected chi connectivity index (χ4v) is 2.22. The Bertz CT molecular complexity index is 383. The van der Waals surface area contributed by atoms with Crippen LogP contribution in [0.4, 0.5) is 5.82 Å². The molecule has 0 saturated heterocycles. The van der Waals surface area contributed by atoms with E-state index in [2.05, 4.69) is 4.98 Å². The number of methoxy groups -OCH3 is 1. The molecule has 0 amide bonds. The van der Waals surface area contributed by atoms with E-state index >= 15 is 0 Å². The molecule has 1 fully saturated rings. The summed E-state index contributed by atoms with van der Waals surface area (Å²) in [6.07, 6.45) is 3.85. The Kier molecular flexibility index (Phi) is 2.86. The maximum absolute atomic E-state index is 10.4. The fraction of sp³-hybridized carbons (Fsp3) is 0.583. The van der Waals surface area contributed by atoms with Crippen LogP contribution in [0.5, 0.6) is 0 Å². The van der Waals surface area contributed by atoms with Gasteiger partial charge in [0.25, 0.3) is 0 Å². The normalized spacial score (nSPS) is 20.2. The van der Waals surface area contributed by atoms with Crippen molar-refractivity contribution in [2.75, 3.05) is 12.8 Å². The van der Waals surface area contributed by atoms with Gasteiger partial charge in [-0.3, -0.25) is 0 Å². The van der Waals surface area contributed by atoms with Gasteiger partial charge in [-0.25, -0.2) is 4.98 Å². The minimum atomic E-state index is -0.682. The third-order valence-electron chi connectivity index (χ3n) is 3.49. The molecule has 0 aliphatic heterocycles. The third-order valence-corrected chi connectivity index (χ3v) is 3.49. The molecule has 0 bridgehead atoms. The molecule has 1 heterocycles. The van der Waals surface area contributed by atoms with Crippen molar-refractivity contribution in [3.8, 4) is 0 Å². The average molecular weight is 222 g/mol. The SMILES string of the molecule is COC1(C(O)c2cc(C)cnc2N)CCC1. The highest BCUT2D eigenvalue weighted by Crippen LogP contribution is 2.45. The lowest BCUT2D eigenvalue weighted by Crippen LogP contribution is -2.45. The van der Waals surface area contributed by atoms with E-state index in [1.807, 2.05) is 13.0 Å². The van der Waals surface area contributed by atoms with Gasteiger partial charge in [0.15, 0.2) is 0 Å². The van der Waals surface area contributed by atoms with Crippen LogP contribution in [-0.2, 0) is 4.74 Å². The minimum Gasteiger partial charge on any atom is -0.385 e. The zero-order valence-electron chi connectivity index (χ0n) is 9.73. The first kappa shape index (κ1) is 11.4. The van der Waals surface area contributed by atoms with Crippen molar-refractivity contribution in [3.05, 3.63) is 23.4 Å². The van der Waals surface area contributed by atoms with Crippen molar-refractivity contribution in [1.82, 2.24) is 4.98 Å². The molecule has 0 radical (unpaired) electrons. The van der Waals surface area contributed by atoms with E-state index in [-0.39, 0.29) is 0 Å². The molecule has 0 aromatic carbocycles. The maximum Gasteiger partial charge on any atom is 0.129 e. The van der Waals surface area contributed by atoms with Gasteiger partial charge in [0.05, 0.1) is 5.60 Å². The van der Waals surface area contributed by atoms with Crippen molar-refractivity contribution in [1.29, 1.82) is 0 Å². The van der Waals surface area contributed by atoms with Gasteiger partial charge in [0.2, 0.25) is 0 Å². The summed E-state index contributed by atoms with van der Waals surface area (Å²) in [6.45, 7) is 1.93. The van der Waals surface area contributed by atoms with Gasteiger partial charge < -0.3 is 15.6 Å². The average Bonchev–Trinajstić information content (AvgIpc) is 2.21. The topological polar surface area (TPSA) is 68.4 Å². The second-order valence-electron chi connectivity index (χ2n) is 4.51. The molecule has 1 aliphatic rings. The predicted octanol–water partition coefficient (Wildman–Crippen LogP) is 1.57. The number of aryl methyl sites for hydroxylation is 1. The number of nitrogens with zero attached hydrogens (tertiary/aromatic N) is 1. The number of hydrogen-bond acceptors (Lipinski definition) is 4. The predicted molar refractivity (Wildman–Crippen MR) is 61.9 cm³/mol. The van der Waals surface area contributed by atoms with Crippen LogP contribution in [0.2, 0.25) is 0 Å². The largest absolute Gasteiger partial charge is 0.385 e. The quantitative estimate of drug-likeness (QED) is 0.814. The number of nitrogens with two attached hydrogens (primary N) is 1. The molecule has 16 heavy (non-hydrogen) atoms. The van der Waals surface area contributed by atoms with Crippen LogP contribution in [0.1, 0.15) is 36.5 Å². The van der Waals surface area contributed by atoms with E-state index in [0.717, 1.165) is 24.8 Å². The minimum absolute atomic E-state index is 0.390. The number of aromatic nitrogens is 1. The second kappa shape index (κ2) is 4.03. The zero-order valence-corrected chi connectivity index (χ0v) is 9.73. The Morgan fingerprint density at radius 1 is 1.56 bits per heavy atom. The summed E-state index contributed by atoms with van der Waals surface area (Å²) in [4.78, 5) is 4.07. The second-order valence-corrected chi connectivity index (χ2v) is 4.51. The van der Waals surface area contributed by atoms with Gasteiger partial charge in [0, 0.05) is 18.9 Å². The molecule has 4 nitrogen and oxygen atoms in total. The highest BCUT2D eigenvalue weighted by molar-refractivity contribution is 5.43. The first-order valence-electron chi connectivity index (χ1n) is 5.54. The molecule has 1 atom stereocenters. The van der Waals surface area contributed by atoms with E-state index in [9.17, 15) is 5.11 Å². The fourth-order valence-electron chi connectivity index (χ4n) is 2.22. The summed E-state index contributed by atoms with van der Waals surface area (Å²) >= 11 is 0. The van der Waals surface area contributed by atoms with Crippen LogP contribution < -0.4 is 5.73 Å². The van der Waals surface area contributed by atoms with E-state index in [4.69, 9.17) is 10.5 Å². The number of anilines is 1. The Labute approximate surface area is 95.4 Å². The summed E-state index contributed by atoms with van der Waals surface area (Å²) < 4.78 is 5.45. The van der Waals surface area contributed by atoms with Crippen LogP contribution in [0, 0.1) is 6.92 Å². The Morgan fingerprint density at radius 3 is 2.75 bits per heavy atom. The summed E-state index contributed by atoms with van der Waals surface area (Å²) in [5.41, 5.74) is 7.02. The van der Waals surface area contributed by atoms with Gasteiger partial charge in [-0.2, -0.15) is 0 Å². The molecular weight excluding hydrogens is 204 g/mol. The van der Waals surface area contributed by atoms with Crippen LogP contribution in [-0.4, -0.2) is 22.8 Å². The molecule has 0 spiro atoms. The van der Waals surface area contributed by atoms with Gasteiger partial charge in [-0.1, -0.05) is 0 Å². The first-order chi connectivity index (χ1) is 7.59. The van der Waals surface area contributed by atoms with E-state index in [0.29, 0.717) is 11.4 Å². The third kappa shape index (κ3) is 1.68.